The number of aromatic nitrogens is 5. The molecule has 3 heterocycles. The molecular formula is C30H29N7O4. The highest BCUT2D eigenvalue weighted by Gasteiger charge is 2.22. The maximum atomic E-state index is 12.7. The van der Waals surface area contributed by atoms with Gasteiger partial charge in [-0.15, -0.1) is 5.10 Å². The summed E-state index contributed by atoms with van der Waals surface area (Å²) in [6.07, 6.45) is -0.783. The Morgan fingerprint density at radius 3 is 2.51 bits per heavy atom. The minimum absolute atomic E-state index is 0.113. The second kappa shape index (κ2) is 11.7. The number of morpholine rings is 1. The van der Waals surface area contributed by atoms with Crippen LogP contribution in [0.3, 0.4) is 0 Å². The fourth-order valence-corrected chi connectivity index (χ4v) is 4.74. The molecule has 0 radical (unpaired) electrons. The minimum Gasteiger partial charge on any atom is -0.508 e. The predicted octanol–water partition coefficient (Wildman–Crippen LogP) is 2.94. The molecule has 11 heteroatoms. The molecule has 1 saturated heterocycles. The SMILES string of the molecule is O=C(NCC(O)c1ccccc1)c1ccc(Cn2nnc3c(N4CCOCC4)nc(-c4cccc(O)c4)nc32)cc1. The third-order valence-electron chi connectivity index (χ3n) is 6.95. The van der Waals surface area contributed by atoms with E-state index in [1.54, 1.807) is 35.0 Å². The Bertz CT molecular complexity index is 1650. The van der Waals surface area contributed by atoms with Crippen molar-refractivity contribution in [2.75, 3.05) is 37.7 Å². The van der Waals surface area contributed by atoms with Gasteiger partial charge in [0.25, 0.3) is 5.91 Å². The van der Waals surface area contributed by atoms with E-state index in [4.69, 9.17) is 14.7 Å². The molecule has 1 aliphatic rings. The highest BCUT2D eigenvalue weighted by atomic mass is 16.5. The molecule has 3 N–H and O–H groups in total. The molecule has 3 aromatic carbocycles. The summed E-state index contributed by atoms with van der Waals surface area (Å²) in [4.78, 5) is 24.4. The van der Waals surface area contributed by atoms with Gasteiger partial charge in [0.1, 0.15) is 5.75 Å². The van der Waals surface area contributed by atoms with Crippen molar-refractivity contribution in [3.8, 4) is 17.1 Å². The molecule has 208 valence electrons. The number of aromatic hydroxyl groups is 1. The largest absolute Gasteiger partial charge is 0.508 e. The number of rotatable bonds is 8. The molecule has 1 unspecified atom stereocenters. The molecule has 41 heavy (non-hydrogen) atoms. The van der Waals surface area contributed by atoms with E-state index in [2.05, 4.69) is 20.5 Å². The highest BCUT2D eigenvalue weighted by molar-refractivity contribution is 5.94. The summed E-state index contributed by atoms with van der Waals surface area (Å²) >= 11 is 0. The number of aliphatic hydroxyl groups is 1. The second-order valence-corrected chi connectivity index (χ2v) is 9.77. The van der Waals surface area contributed by atoms with Crippen LogP contribution in [0.5, 0.6) is 5.75 Å². The molecule has 11 nitrogen and oxygen atoms in total. The first-order valence-electron chi connectivity index (χ1n) is 13.4. The van der Waals surface area contributed by atoms with Gasteiger partial charge in [-0.25, -0.2) is 14.6 Å². The first-order chi connectivity index (χ1) is 20.0. The molecule has 2 aromatic heterocycles. The van der Waals surface area contributed by atoms with Crippen LogP contribution in [0.15, 0.2) is 78.9 Å². The quantitative estimate of drug-likeness (QED) is 0.266. The summed E-state index contributed by atoms with van der Waals surface area (Å²) in [5.74, 6) is 0.997. The maximum Gasteiger partial charge on any atom is 0.251 e. The first kappa shape index (κ1) is 26.4. The van der Waals surface area contributed by atoms with E-state index in [1.165, 1.54) is 0 Å². The fourth-order valence-electron chi connectivity index (χ4n) is 4.74. The van der Waals surface area contributed by atoms with E-state index in [0.717, 1.165) is 11.1 Å². The topological polar surface area (TPSA) is 139 Å². The number of hydrogen-bond acceptors (Lipinski definition) is 9. The van der Waals surface area contributed by atoms with Gasteiger partial charge in [-0.1, -0.05) is 59.8 Å². The molecule has 6 rings (SSSR count). The van der Waals surface area contributed by atoms with Crippen molar-refractivity contribution in [1.82, 2.24) is 30.3 Å². The molecule has 0 spiro atoms. The van der Waals surface area contributed by atoms with Gasteiger partial charge < -0.3 is 25.2 Å². The van der Waals surface area contributed by atoms with Gasteiger partial charge in [0.05, 0.1) is 25.9 Å². The zero-order chi connectivity index (χ0) is 28.2. The standard InChI is InChI=1S/C30H29N7O4/c38-24-8-4-7-23(17-24)27-32-28(36-13-15-41-16-14-36)26-29(33-27)37(35-34-26)19-20-9-11-22(12-10-20)30(40)31-18-25(39)21-5-2-1-3-6-21/h1-12,17,25,38-39H,13-16,18-19H2,(H,31,40). The van der Waals surface area contributed by atoms with Gasteiger partial charge in [-0.3, -0.25) is 4.79 Å². The van der Waals surface area contributed by atoms with Crippen LogP contribution in [-0.4, -0.2) is 73.9 Å². The number of fused-ring (bicyclic) bond motifs is 1. The van der Waals surface area contributed by atoms with Crippen LogP contribution in [0.25, 0.3) is 22.6 Å². The van der Waals surface area contributed by atoms with Gasteiger partial charge in [-0.05, 0) is 35.4 Å². The third-order valence-corrected chi connectivity index (χ3v) is 6.95. The average molecular weight is 552 g/mol. The normalized spacial score (nSPS) is 14.2. The van der Waals surface area contributed by atoms with Gasteiger partial charge in [0.2, 0.25) is 0 Å². The van der Waals surface area contributed by atoms with E-state index < -0.39 is 6.10 Å². The average Bonchev–Trinajstić information content (AvgIpc) is 3.43. The molecule has 5 aromatic rings. The number of phenolic OH excluding ortho intramolecular Hbond substituents is 1. The van der Waals surface area contributed by atoms with Crippen molar-refractivity contribution in [2.45, 2.75) is 12.6 Å². The van der Waals surface area contributed by atoms with E-state index >= 15 is 0 Å². The Kier molecular flexibility index (Phi) is 7.52. The van der Waals surface area contributed by atoms with Crippen molar-refractivity contribution in [2.24, 2.45) is 0 Å². The molecule has 0 saturated carbocycles. The van der Waals surface area contributed by atoms with Gasteiger partial charge in [0.15, 0.2) is 22.8 Å². The second-order valence-electron chi connectivity index (χ2n) is 9.77. The van der Waals surface area contributed by atoms with Crippen molar-refractivity contribution < 1.29 is 19.7 Å². The smallest absolute Gasteiger partial charge is 0.251 e. The number of benzene rings is 3. The minimum atomic E-state index is -0.783. The number of ether oxygens (including phenoxy) is 1. The van der Waals surface area contributed by atoms with Crippen LogP contribution in [-0.2, 0) is 11.3 Å². The first-order valence-corrected chi connectivity index (χ1v) is 13.4. The number of hydrogen-bond donors (Lipinski definition) is 3. The highest BCUT2D eigenvalue weighted by Crippen LogP contribution is 2.28. The number of nitrogens with zero attached hydrogens (tertiary/aromatic N) is 6. The molecule has 0 bridgehead atoms. The Morgan fingerprint density at radius 1 is 0.976 bits per heavy atom. The molecule has 1 atom stereocenters. The van der Waals surface area contributed by atoms with E-state index in [0.29, 0.717) is 66.8 Å². The van der Waals surface area contributed by atoms with Crippen LogP contribution in [0.4, 0.5) is 5.82 Å². The zero-order valence-corrected chi connectivity index (χ0v) is 22.2. The lowest BCUT2D eigenvalue weighted by Gasteiger charge is -2.28. The number of nitrogens with one attached hydrogen (secondary N) is 1. The number of phenols is 1. The Morgan fingerprint density at radius 2 is 1.76 bits per heavy atom. The van der Waals surface area contributed by atoms with Gasteiger partial charge in [0, 0.05) is 30.8 Å². The summed E-state index contributed by atoms with van der Waals surface area (Å²) < 4.78 is 7.23. The lowest BCUT2D eigenvalue weighted by Crippen LogP contribution is -2.37. The number of carbonyl (C=O) groups excluding carboxylic acids is 1. The van der Waals surface area contributed by atoms with E-state index in [-0.39, 0.29) is 18.2 Å². The Hall–Kier alpha value is -4.87. The van der Waals surface area contributed by atoms with Gasteiger partial charge >= 0.3 is 0 Å². The summed E-state index contributed by atoms with van der Waals surface area (Å²) in [6.45, 7) is 3.01. The summed E-state index contributed by atoms with van der Waals surface area (Å²) in [7, 11) is 0. The molecule has 1 fully saturated rings. The molecule has 1 aliphatic heterocycles. The van der Waals surface area contributed by atoms with Crippen molar-refractivity contribution in [3.05, 3.63) is 95.6 Å². The number of carbonyl (C=O) groups is 1. The van der Waals surface area contributed by atoms with Crippen LogP contribution < -0.4 is 10.2 Å². The zero-order valence-electron chi connectivity index (χ0n) is 22.2. The van der Waals surface area contributed by atoms with Crippen molar-refractivity contribution >= 4 is 22.9 Å². The maximum absolute atomic E-state index is 12.7. The lowest BCUT2D eigenvalue weighted by atomic mass is 10.1. The number of amides is 1. The Labute approximate surface area is 236 Å². The Balaban J connectivity index is 1.23. The number of anilines is 1. The molecule has 1 amide bonds. The van der Waals surface area contributed by atoms with Crippen LogP contribution in [0.1, 0.15) is 27.6 Å². The summed E-state index contributed by atoms with van der Waals surface area (Å²) in [5, 5.41) is 32.0. The van der Waals surface area contributed by atoms with E-state index in [9.17, 15) is 15.0 Å². The predicted molar refractivity (Wildman–Crippen MR) is 153 cm³/mol. The van der Waals surface area contributed by atoms with E-state index in [1.807, 2.05) is 48.5 Å². The molecule has 0 aliphatic carbocycles. The van der Waals surface area contributed by atoms with Crippen molar-refractivity contribution in [1.29, 1.82) is 0 Å². The van der Waals surface area contributed by atoms with Crippen molar-refractivity contribution in [3.63, 3.8) is 0 Å². The molecular weight excluding hydrogens is 522 g/mol. The monoisotopic (exact) mass is 551 g/mol. The fraction of sp³-hybridized carbons (Fsp3) is 0.233. The summed E-state index contributed by atoms with van der Waals surface area (Å²) in [5.41, 5.74) is 3.97. The van der Waals surface area contributed by atoms with Crippen LogP contribution >= 0.6 is 0 Å². The van der Waals surface area contributed by atoms with Crippen LogP contribution in [0, 0.1) is 0 Å². The number of aliphatic hydroxyl groups excluding tert-OH is 1. The third kappa shape index (κ3) is 5.86. The lowest BCUT2D eigenvalue weighted by molar-refractivity contribution is 0.0916. The van der Waals surface area contributed by atoms with Gasteiger partial charge in [-0.2, -0.15) is 0 Å². The summed E-state index contributed by atoms with van der Waals surface area (Å²) in [6, 6.07) is 23.2. The van der Waals surface area contributed by atoms with Crippen LogP contribution in [0.2, 0.25) is 0 Å².